The first-order valence-corrected chi connectivity index (χ1v) is 10.1. The number of rotatable bonds is 6. The molecule has 1 amide bonds. The Morgan fingerprint density at radius 2 is 1.78 bits per heavy atom. The number of hydrogen-bond donors (Lipinski definition) is 0. The molecule has 2 heterocycles. The van der Waals surface area contributed by atoms with Gasteiger partial charge < -0.3 is 4.90 Å². The third kappa shape index (κ3) is 5.02. The highest BCUT2D eigenvalue weighted by Gasteiger charge is 2.22. The van der Waals surface area contributed by atoms with Crippen molar-refractivity contribution in [1.29, 1.82) is 0 Å². The number of ketones is 1. The summed E-state index contributed by atoms with van der Waals surface area (Å²) in [5, 5.41) is 0. The van der Waals surface area contributed by atoms with Gasteiger partial charge in [0.25, 0.3) is 0 Å². The van der Waals surface area contributed by atoms with Crippen LogP contribution in [0.25, 0.3) is 0 Å². The lowest BCUT2D eigenvalue weighted by Crippen LogP contribution is -2.48. The number of carbonyl (C=O) groups is 2. The van der Waals surface area contributed by atoms with Crippen molar-refractivity contribution < 1.29 is 14.0 Å². The van der Waals surface area contributed by atoms with Crippen LogP contribution < -0.4 is 0 Å². The average Bonchev–Trinajstić information content (AvgIpc) is 3.00. The zero-order chi connectivity index (χ0) is 19.4. The third-order valence-electron chi connectivity index (χ3n) is 4.98. The SMILES string of the molecule is Cc1cc(C(=O)CCC(=O)N2CCN(Cc3ccccc3F)CC2)c(C)s1. The lowest BCUT2D eigenvalue weighted by molar-refractivity contribution is -0.133. The predicted molar refractivity (Wildman–Crippen MR) is 106 cm³/mol. The van der Waals surface area contributed by atoms with Crippen LogP contribution in [0.5, 0.6) is 0 Å². The Balaban J connectivity index is 1.45. The maximum atomic E-state index is 13.8. The summed E-state index contributed by atoms with van der Waals surface area (Å²) in [5.41, 5.74) is 1.43. The first-order chi connectivity index (χ1) is 12.9. The van der Waals surface area contributed by atoms with Gasteiger partial charge in [-0.1, -0.05) is 18.2 Å². The van der Waals surface area contributed by atoms with Crippen molar-refractivity contribution in [2.45, 2.75) is 33.2 Å². The molecule has 27 heavy (non-hydrogen) atoms. The second-order valence-electron chi connectivity index (χ2n) is 7.00. The Morgan fingerprint density at radius 3 is 2.41 bits per heavy atom. The summed E-state index contributed by atoms with van der Waals surface area (Å²) in [7, 11) is 0. The molecule has 0 radical (unpaired) electrons. The molecular formula is C21H25FN2O2S. The zero-order valence-electron chi connectivity index (χ0n) is 15.8. The van der Waals surface area contributed by atoms with Gasteiger partial charge in [0.05, 0.1) is 0 Å². The van der Waals surface area contributed by atoms with Gasteiger partial charge in [0, 0.05) is 66.4 Å². The summed E-state index contributed by atoms with van der Waals surface area (Å²) < 4.78 is 13.8. The normalized spacial score (nSPS) is 15.1. The number of piperazine rings is 1. The van der Waals surface area contributed by atoms with Crippen LogP contribution in [0.4, 0.5) is 4.39 Å². The smallest absolute Gasteiger partial charge is 0.223 e. The fourth-order valence-electron chi connectivity index (χ4n) is 3.44. The Hall–Kier alpha value is -2.05. The van der Waals surface area contributed by atoms with E-state index in [0.717, 1.165) is 28.4 Å². The van der Waals surface area contributed by atoms with Gasteiger partial charge in [0.2, 0.25) is 5.91 Å². The van der Waals surface area contributed by atoms with Crippen LogP contribution in [0.15, 0.2) is 30.3 Å². The van der Waals surface area contributed by atoms with Crippen molar-refractivity contribution >= 4 is 23.0 Å². The molecule has 0 unspecified atom stereocenters. The maximum Gasteiger partial charge on any atom is 0.223 e. The van der Waals surface area contributed by atoms with Crippen LogP contribution >= 0.6 is 11.3 Å². The van der Waals surface area contributed by atoms with E-state index >= 15 is 0 Å². The monoisotopic (exact) mass is 388 g/mol. The summed E-state index contributed by atoms with van der Waals surface area (Å²) >= 11 is 1.61. The minimum Gasteiger partial charge on any atom is -0.340 e. The largest absolute Gasteiger partial charge is 0.340 e. The Morgan fingerprint density at radius 1 is 1.07 bits per heavy atom. The van der Waals surface area contributed by atoms with Crippen molar-refractivity contribution in [3.63, 3.8) is 0 Å². The van der Waals surface area contributed by atoms with Crippen LogP contribution in [-0.4, -0.2) is 47.7 Å². The third-order valence-corrected chi connectivity index (χ3v) is 5.95. The van der Waals surface area contributed by atoms with E-state index in [-0.39, 0.29) is 30.3 Å². The van der Waals surface area contributed by atoms with Gasteiger partial charge >= 0.3 is 0 Å². The Labute approximate surface area is 163 Å². The summed E-state index contributed by atoms with van der Waals surface area (Å²) in [4.78, 5) is 30.9. The number of hydrogen-bond acceptors (Lipinski definition) is 4. The number of nitrogens with zero attached hydrogens (tertiary/aromatic N) is 2. The Kier molecular flexibility index (Phi) is 6.39. The van der Waals surface area contributed by atoms with Gasteiger partial charge in [-0.25, -0.2) is 4.39 Å². The van der Waals surface area contributed by atoms with E-state index < -0.39 is 0 Å². The van der Waals surface area contributed by atoms with Crippen LogP contribution in [0.1, 0.15) is 38.5 Å². The van der Waals surface area contributed by atoms with Gasteiger partial charge in [-0.15, -0.1) is 11.3 Å². The number of aryl methyl sites for hydroxylation is 2. The molecule has 1 aromatic carbocycles. The van der Waals surface area contributed by atoms with Crippen molar-refractivity contribution in [2.24, 2.45) is 0 Å². The molecule has 0 aliphatic carbocycles. The molecule has 1 fully saturated rings. The molecule has 1 aliphatic heterocycles. The molecule has 0 atom stereocenters. The average molecular weight is 389 g/mol. The van der Waals surface area contributed by atoms with E-state index in [0.29, 0.717) is 25.2 Å². The van der Waals surface area contributed by atoms with Crippen molar-refractivity contribution in [1.82, 2.24) is 9.80 Å². The van der Waals surface area contributed by atoms with Gasteiger partial charge in [-0.05, 0) is 26.0 Å². The second-order valence-corrected chi connectivity index (χ2v) is 8.46. The summed E-state index contributed by atoms with van der Waals surface area (Å²) in [6.07, 6.45) is 0.506. The lowest BCUT2D eigenvalue weighted by atomic mass is 10.1. The summed E-state index contributed by atoms with van der Waals surface area (Å²) in [6.45, 7) is 7.18. The molecule has 1 aromatic heterocycles. The van der Waals surface area contributed by atoms with Crippen LogP contribution in [-0.2, 0) is 11.3 Å². The second kappa shape index (κ2) is 8.76. The fraction of sp³-hybridized carbons (Fsp3) is 0.429. The molecule has 3 rings (SSSR count). The van der Waals surface area contributed by atoms with E-state index in [4.69, 9.17) is 0 Å². The topological polar surface area (TPSA) is 40.6 Å². The van der Waals surface area contributed by atoms with E-state index in [1.807, 2.05) is 30.9 Å². The molecule has 144 valence electrons. The molecular weight excluding hydrogens is 363 g/mol. The summed E-state index contributed by atoms with van der Waals surface area (Å²) in [5.74, 6) is -0.115. The van der Waals surface area contributed by atoms with Crippen molar-refractivity contribution in [3.8, 4) is 0 Å². The Bertz CT molecular complexity index is 825. The molecule has 1 aliphatic rings. The van der Waals surface area contributed by atoms with E-state index in [2.05, 4.69) is 4.90 Å². The summed E-state index contributed by atoms with van der Waals surface area (Å²) in [6, 6.07) is 8.71. The molecule has 0 N–H and O–H groups in total. The highest BCUT2D eigenvalue weighted by Crippen LogP contribution is 2.22. The number of carbonyl (C=O) groups excluding carboxylic acids is 2. The maximum absolute atomic E-state index is 13.8. The van der Waals surface area contributed by atoms with Crippen molar-refractivity contribution in [3.05, 3.63) is 57.0 Å². The standard InChI is InChI=1S/C21H25FN2O2S/c1-15-13-18(16(2)27-15)20(25)7-8-21(26)24-11-9-23(10-12-24)14-17-5-3-4-6-19(17)22/h3-6,13H,7-12,14H2,1-2H3. The van der Waals surface area contributed by atoms with Gasteiger partial charge in [-0.2, -0.15) is 0 Å². The van der Waals surface area contributed by atoms with Gasteiger partial charge in [-0.3, -0.25) is 14.5 Å². The molecule has 6 heteroatoms. The van der Waals surface area contributed by atoms with Crippen LogP contribution in [0, 0.1) is 19.7 Å². The molecule has 0 bridgehead atoms. The van der Waals surface area contributed by atoms with E-state index in [1.165, 1.54) is 6.07 Å². The van der Waals surface area contributed by atoms with E-state index in [9.17, 15) is 14.0 Å². The quantitative estimate of drug-likeness (QED) is 0.707. The predicted octanol–water partition coefficient (Wildman–Crippen LogP) is 3.81. The van der Waals surface area contributed by atoms with E-state index in [1.54, 1.807) is 23.5 Å². The molecule has 2 aromatic rings. The lowest BCUT2D eigenvalue weighted by Gasteiger charge is -2.34. The zero-order valence-corrected chi connectivity index (χ0v) is 16.7. The molecule has 0 spiro atoms. The van der Waals surface area contributed by atoms with Gasteiger partial charge in [0.1, 0.15) is 5.82 Å². The molecule has 0 saturated carbocycles. The highest BCUT2D eigenvalue weighted by atomic mass is 32.1. The number of Topliss-reactive ketones (excluding diaryl/α,β-unsaturated/α-hetero) is 1. The fourth-order valence-corrected chi connectivity index (χ4v) is 4.39. The van der Waals surface area contributed by atoms with Crippen molar-refractivity contribution in [2.75, 3.05) is 26.2 Å². The highest BCUT2D eigenvalue weighted by molar-refractivity contribution is 7.12. The first kappa shape index (κ1) is 19.7. The van der Waals surface area contributed by atoms with Crippen LogP contribution in [0.2, 0.25) is 0 Å². The number of amides is 1. The number of thiophene rings is 1. The minimum atomic E-state index is -0.187. The van der Waals surface area contributed by atoms with Gasteiger partial charge in [0.15, 0.2) is 5.78 Å². The van der Waals surface area contributed by atoms with Crippen LogP contribution in [0.3, 0.4) is 0 Å². The number of benzene rings is 1. The molecule has 1 saturated heterocycles. The minimum absolute atomic E-state index is 0.0264. The number of halogens is 1. The molecule has 4 nitrogen and oxygen atoms in total. The first-order valence-electron chi connectivity index (χ1n) is 9.28.